The molecule has 0 unspecified atom stereocenters. The lowest BCUT2D eigenvalue weighted by Gasteiger charge is -2.01. The third-order valence-corrected chi connectivity index (χ3v) is 1.31. The van der Waals surface area contributed by atoms with Crippen LogP contribution in [0.2, 0.25) is 0 Å². The van der Waals surface area contributed by atoms with Crippen LogP contribution in [0.25, 0.3) is 0 Å². The van der Waals surface area contributed by atoms with Gasteiger partial charge >= 0.3 is 6.18 Å². The quantitative estimate of drug-likeness (QED) is 0.530. The highest BCUT2D eigenvalue weighted by Crippen LogP contribution is 2.21. The second-order valence-electron chi connectivity index (χ2n) is 1.86. The van der Waals surface area contributed by atoms with Crippen LogP contribution in [0.15, 0.2) is 0 Å². The van der Waals surface area contributed by atoms with Gasteiger partial charge in [0, 0.05) is 12.8 Å². The molecule has 0 rings (SSSR count). The molecular formula is C5H7F3O2S. The smallest absolute Gasteiger partial charge is 0.281 e. The molecular weight excluding hydrogens is 181 g/mol. The van der Waals surface area contributed by atoms with Crippen molar-refractivity contribution < 1.29 is 21.9 Å². The van der Waals surface area contributed by atoms with Crippen molar-refractivity contribution in [3.05, 3.63) is 0 Å². The molecule has 66 valence electrons. The molecule has 0 amide bonds. The van der Waals surface area contributed by atoms with Crippen molar-refractivity contribution in [3.63, 3.8) is 0 Å². The third-order valence-electron chi connectivity index (χ3n) is 0.863. The van der Waals surface area contributed by atoms with Gasteiger partial charge in [-0.1, -0.05) is 0 Å². The van der Waals surface area contributed by atoms with Crippen LogP contribution in [0.4, 0.5) is 13.2 Å². The summed E-state index contributed by atoms with van der Waals surface area (Å²) in [5.41, 5.74) is 0. The number of hydrogen-bond acceptors (Lipinski definition) is 1. The normalized spacial score (nSPS) is 10.9. The van der Waals surface area contributed by atoms with E-state index in [1.807, 2.05) is 5.18 Å². The zero-order valence-electron chi connectivity index (χ0n) is 5.52. The predicted molar refractivity (Wildman–Crippen MR) is 34.6 cm³/mol. The molecule has 2 nitrogen and oxygen atoms in total. The fraction of sp³-hybridized carbons (Fsp3) is 0.800. The number of hydrogen-bond donors (Lipinski definition) is 1. The van der Waals surface area contributed by atoms with E-state index < -0.39 is 23.1 Å². The average molecular weight is 188 g/mol. The van der Waals surface area contributed by atoms with E-state index in [0.29, 0.717) is 0 Å². The van der Waals surface area contributed by atoms with Gasteiger partial charge in [0.1, 0.15) is 0 Å². The standard InChI is InChI=1S/C5H7F3O2S/c6-5(7,8)3-1-2-4-11(9)10/h1-3H2,(H,9,10). The number of alkyl halides is 3. The van der Waals surface area contributed by atoms with Crippen molar-refractivity contribution in [2.45, 2.75) is 25.4 Å². The van der Waals surface area contributed by atoms with Gasteiger partial charge in [-0.2, -0.15) is 17.4 Å². The molecule has 0 aromatic carbocycles. The van der Waals surface area contributed by atoms with E-state index in [9.17, 15) is 17.4 Å². The Morgan fingerprint density at radius 1 is 1.45 bits per heavy atom. The Morgan fingerprint density at radius 2 is 2.00 bits per heavy atom. The van der Waals surface area contributed by atoms with Gasteiger partial charge in [0.2, 0.25) is 0 Å². The Labute approximate surface area is 63.9 Å². The number of halogens is 3. The van der Waals surface area contributed by atoms with Gasteiger partial charge < -0.3 is 0 Å². The molecule has 0 fully saturated rings. The Balaban J connectivity index is 3.52. The Kier molecular flexibility index (Phi) is 4.25. The maximum atomic E-state index is 11.4. The van der Waals surface area contributed by atoms with Crippen molar-refractivity contribution >= 4 is 10.5 Å². The molecule has 0 aromatic heterocycles. The molecule has 0 atom stereocenters. The minimum absolute atomic E-state index is 0.109. The first-order valence-corrected chi connectivity index (χ1v) is 3.93. The first-order valence-electron chi connectivity index (χ1n) is 2.83. The summed E-state index contributed by atoms with van der Waals surface area (Å²) in [5.74, 6) is 0. The molecule has 0 aliphatic rings. The molecule has 1 N–H and O–H groups in total. The van der Waals surface area contributed by atoms with E-state index in [0.717, 1.165) is 0 Å². The molecule has 0 aliphatic heterocycles. The fourth-order valence-electron chi connectivity index (χ4n) is 0.448. The summed E-state index contributed by atoms with van der Waals surface area (Å²) in [6.45, 7) is 0. The fourth-order valence-corrected chi connectivity index (χ4v) is 0.767. The zero-order chi connectivity index (χ0) is 8.91. The van der Waals surface area contributed by atoms with Crippen molar-refractivity contribution in [1.82, 2.24) is 0 Å². The molecule has 0 aliphatic carbocycles. The molecule has 0 aromatic rings. The van der Waals surface area contributed by atoms with Crippen molar-refractivity contribution in [2.75, 3.05) is 0 Å². The first-order chi connectivity index (χ1) is 4.92. The van der Waals surface area contributed by atoms with Gasteiger partial charge in [0.05, 0.1) is 0 Å². The van der Waals surface area contributed by atoms with Crippen molar-refractivity contribution in [1.29, 1.82) is 0 Å². The molecule has 0 bridgehead atoms. The maximum absolute atomic E-state index is 11.4. The summed E-state index contributed by atoms with van der Waals surface area (Å²) in [6.07, 6.45) is -5.41. The minimum Gasteiger partial charge on any atom is -0.281 e. The molecule has 0 radical (unpaired) electrons. The Bertz CT molecular complexity index is 235. The largest absolute Gasteiger partial charge is 0.389 e. The lowest BCUT2D eigenvalue weighted by atomic mass is 10.2. The van der Waals surface area contributed by atoms with Crippen LogP contribution in [0, 0.1) is 5.18 Å². The predicted octanol–water partition coefficient (Wildman–Crippen LogP) is 1.90. The highest BCUT2D eigenvalue weighted by Gasteiger charge is 2.25. The zero-order valence-corrected chi connectivity index (χ0v) is 6.34. The number of unbranched alkanes of at least 4 members (excludes halogenated alkanes) is 1. The SMILES string of the molecule is O=S(O)#CCCCC(F)(F)F. The monoisotopic (exact) mass is 188 g/mol. The lowest BCUT2D eigenvalue weighted by Crippen LogP contribution is -2.05. The van der Waals surface area contributed by atoms with E-state index in [2.05, 4.69) is 0 Å². The van der Waals surface area contributed by atoms with E-state index in [1.54, 1.807) is 0 Å². The van der Waals surface area contributed by atoms with Crippen LogP contribution in [0.5, 0.6) is 0 Å². The maximum Gasteiger partial charge on any atom is 0.389 e. The number of rotatable bonds is 2. The van der Waals surface area contributed by atoms with E-state index in [4.69, 9.17) is 4.55 Å². The van der Waals surface area contributed by atoms with E-state index in [1.165, 1.54) is 0 Å². The average Bonchev–Trinajstić information content (AvgIpc) is 1.78. The topological polar surface area (TPSA) is 37.3 Å². The molecule has 0 saturated carbocycles. The molecule has 0 spiro atoms. The second-order valence-corrected chi connectivity index (χ2v) is 2.65. The van der Waals surface area contributed by atoms with Crippen LogP contribution < -0.4 is 0 Å². The summed E-state index contributed by atoms with van der Waals surface area (Å²) < 4.78 is 52.1. The molecule has 11 heavy (non-hydrogen) atoms. The van der Waals surface area contributed by atoms with Crippen molar-refractivity contribution in [2.24, 2.45) is 0 Å². The van der Waals surface area contributed by atoms with E-state index >= 15 is 0 Å². The van der Waals surface area contributed by atoms with Gasteiger partial charge in [-0.3, -0.25) is 4.55 Å². The molecule has 0 saturated heterocycles. The Hall–Kier alpha value is -0.450. The summed E-state index contributed by atoms with van der Waals surface area (Å²) >= 11 is 0. The summed E-state index contributed by atoms with van der Waals surface area (Å²) in [6, 6.07) is 0. The summed E-state index contributed by atoms with van der Waals surface area (Å²) in [5, 5.41) is 1.95. The second kappa shape index (κ2) is 4.43. The molecule has 0 heterocycles. The molecule has 6 heteroatoms. The third kappa shape index (κ3) is 9.55. The van der Waals surface area contributed by atoms with Gasteiger partial charge in [-0.25, -0.2) is 0 Å². The van der Waals surface area contributed by atoms with Crippen LogP contribution in [-0.2, 0) is 10.5 Å². The highest BCUT2D eigenvalue weighted by molar-refractivity contribution is 7.68. The Morgan fingerprint density at radius 3 is 2.36 bits per heavy atom. The highest BCUT2D eigenvalue weighted by atomic mass is 32.2. The lowest BCUT2D eigenvalue weighted by molar-refractivity contribution is -0.135. The van der Waals surface area contributed by atoms with Crippen LogP contribution >= 0.6 is 0 Å². The van der Waals surface area contributed by atoms with Gasteiger partial charge in [-0.15, -0.1) is 0 Å². The van der Waals surface area contributed by atoms with Crippen molar-refractivity contribution in [3.8, 4) is 5.18 Å². The van der Waals surface area contributed by atoms with Gasteiger partial charge in [0.15, 0.2) is 10.5 Å². The van der Waals surface area contributed by atoms with E-state index in [-0.39, 0.29) is 12.8 Å². The van der Waals surface area contributed by atoms with Gasteiger partial charge in [0.25, 0.3) is 0 Å². The first kappa shape index (κ1) is 10.6. The summed E-state index contributed by atoms with van der Waals surface area (Å²) in [4.78, 5) is 0. The summed E-state index contributed by atoms with van der Waals surface area (Å²) in [7, 11) is -2.21. The minimum atomic E-state index is -4.18. The van der Waals surface area contributed by atoms with Crippen LogP contribution in [0.1, 0.15) is 19.3 Å². The van der Waals surface area contributed by atoms with Gasteiger partial charge in [-0.05, 0) is 11.6 Å². The van der Waals surface area contributed by atoms with Crippen LogP contribution in [-0.4, -0.2) is 14.9 Å². The van der Waals surface area contributed by atoms with Crippen LogP contribution in [0.3, 0.4) is 0 Å².